The van der Waals surface area contributed by atoms with Gasteiger partial charge in [0.1, 0.15) is 16.0 Å². The molecule has 3 heterocycles. The lowest BCUT2D eigenvalue weighted by atomic mass is 10.1. The van der Waals surface area contributed by atoms with Crippen LogP contribution in [0.4, 0.5) is 0 Å². The molecule has 0 atom stereocenters. The highest BCUT2D eigenvalue weighted by Gasteiger charge is 2.19. The maximum atomic E-state index is 12.4. The van der Waals surface area contributed by atoms with Gasteiger partial charge in [-0.3, -0.25) is 4.79 Å². The zero-order valence-corrected chi connectivity index (χ0v) is 16.3. The summed E-state index contributed by atoms with van der Waals surface area (Å²) in [5.41, 5.74) is 2.70. The minimum atomic E-state index is 0.181. The number of thiazole rings is 1. The average Bonchev–Trinajstić information content (AvgIpc) is 3.07. The second-order valence-electron chi connectivity index (χ2n) is 6.34. The van der Waals surface area contributed by atoms with Crippen molar-refractivity contribution in [1.82, 2.24) is 19.9 Å². The van der Waals surface area contributed by atoms with Crippen molar-refractivity contribution in [2.24, 2.45) is 0 Å². The predicted octanol–water partition coefficient (Wildman–Crippen LogP) is 4.17. The highest BCUT2D eigenvalue weighted by molar-refractivity contribution is 7.99. The molecule has 1 amide bonds. The number of nitrogens with zero attached hydrogens (tertiary/aromatic N) is 4. The third-order valence-electron chi connectivity index (χ3n) is 4.43. The van der Waals surface area contributed by atoms with E-state index in [4.69, 9.17) is 4.98 Å². The molecule has 1 fully saturated rings. The fourth-order valence-corrected chi connectivity index (χ4v) is 4.72. The third kappa shape index (κ3) is 3.73. The van der Waals surface area contributed by atoms with Crippen LogP contribution in [-0.2, 0) is 4.79 Å². The monoisotopic (exact) mass is 384 g/mol. The fourth-order valence-electron chi connectivity index (χ4n) is 3.13. The van der Waals surface area contributed by atoms with E-state index in [-0.39, 0.29) is 5.91 Å². The van der Waals surface area contributed by atoms with Crippen molar-refractivity contribution >= 4 is 39.4 Å². The first kappa shape index (κ1) is 17.4. The lowest BCUT2D eigenvalue weighted by Crippen LogP contribution is -2.36. The number of aryl methyl sites for hydroxylation is 1. The summed E-state index contributed by atoms with van der Waals surface area (Å²) in [4.78, 5) is 29.2. The van der Waals surface area contributed by atoms with Crippen molar-refractivity contribution in [3.8, 4) is 11.3 Å². The maximum absolute atomic E-state index is 12.4. The number of aromatic nitrogens is 3. The maximum Gasteiger partial charge on any atom is 0.233 e. The molecule has 0 N–H and O–H groups in total. The van der Waals surface area contributed by atoms with Gasteiger partial charge in [0.25, 0.3) is 0 Å². The summed E-state index contributed by atoms with van der Waals surface area (Å²) in [7, 11) is 0. The topological polar surface area (TPSA) is 59.0 Å². The molecule has 0 unspecified atom stereocenters. The summed E-state index contributed by atoms with van der Waals surface area (Å²) in [5.74, 6) is 0.567. The smallest absolute Gasteiger partial charge is 0.233 e. The molecule has 1 aliphatic rings. The van der Waals surface area contributed by atoms with Crippen LogP contribution < -0.4 is 0 Å². The van der Waals surface area contributed by atoms with Gasteiger partial charge in [0.15, 0.2) is 5.16 Å². The molecule has 0 bridgehead atoms. The summed E-state index contributed by atoms with van der Waals surface area (Å²) >= 11 is 2.99. The molecule has 2 aromatic heterocycles. The van der Waals surface area contributed by atoms with Gasteiger partial charge in [0.2, 0.25) is 5.91 Å². The van der Waals surface area contributed by atoms with Gasteiger partial charge in [0, 0.05) is 18.7 Å². The molecule has 1 saturated heterocycles. The normalized spacial score (nSPS) is 14.7. The van der Waals surface area contributed by atoms with Gasteiger partial charge >= 0.3 is 0 Å². The summed E-state index contributed by atoms with van der Waals surface area (Å²) in [6.45, 7) is 3.74. The molecule has 0 saturated carbocycles. The van der Waals surface area contributed by atoms with Crippen LogP contribution in [0.1, 0.15) is 24.3 Å². The highest BCUT2D eigenvalue weighted by atomic mass is 32.2. The number of benzene rings is 1. The van der Waals surface area contributed by atoms with E-state index in [2.05, 4.69) is 9.97 Å². The molecule has 3 aromatic rings. The lowest BCUT2D eigenvalue weighted by molar-refractivity contribution is -0.129. The van der Waals surface area contributed by atoms with Gasteiger partial charge in [-0.25, -0.2) is 15.0 Å². The molecular weight excluding hydrogens is 364 g/mol. The Morgan fingerprint density at radius 1 is 1.12 bits per heavy atom. The lowest BCUT2D eigenvalue weighted by Gasteiger charge is -2.26. The second-order valence-corrected chi connectivity index (χ2v) is 8.46. The van der Waals surface area contributed by atoms with Gasteiger partial charge in [-0.2, -0.15) is 0 Å². The SMILES string of the molecule is Cc1nc2c(-c3ccccc3)nc(SCC(=O)N3CCCCC3)nc2s1. The van der Waals surface area contributed by atoms with Crippen LogP contribution in [0, 0.1) is 6.92 Å². The van der Waals surface area contributed by atoms with Crippen molar-refractivity contribution in [1.29, 1.82) is 0 Å². The van der Waals surface area contributed by atoms with Crippen molar-refractivity contribution in [2.45, 2.75) is 31.3 Å². The molecule has 134 valence electrons. The van der Waals surface area contributed by atoms with E-state index < -0.39 is 0 Å². The van der Waals surface area contributed by atoms with Crippen LogP contribution in [0.2, 0.25) is 0 Å². The van der Waals surface area contributed by atoms with Crippen molar-refractivity contribution in [3.63, 3.8) is 0 Å². The molecule has 4 rings (SSSR count). The van der Waals surface area contributed by atoms with Gasteiger partial charge in [-0.15, -0.1) is 0 Å². The highest BCUT2D eigenvalue weighted by Crippen LogP contribution is 2.31. The molecule has 5 nitrogen and oxygen atoms in total. The molecular formula is C19H20N4OS2. The Bertz CT molecular complexity index is 920. The number of carbonyl (C=O) groups is 1. The first-order valence-electron chi connectivity index (χ1n) is 8.82. The van der Waals surface area contributed by atoms with Crippen LogP contribution in [0.3, 0.4) is 0 Å². The quantitative estimate of drug-likeness (QED) is 0.499. The molecule has 1 aliphatic heterocycles. The standard InChI is InChI=1S/C19H20N4OS2/c1-13-20-17-16(14-8-4-2-5-9-14)21-19(22-18(17)26-13)25-12-15(24)23-10-6-3-7-11-23/h2,4-5,8-9H,3,6-7,10-12H2,1H3. The number of hydrogen-bond donors (Lipinski definition) is 0. The van der Waals surface area contributed by atoms with E-state index in [0.717, 1.165) is 52.5 Å². The van der Waals surface area contributed by atoms with Crippen molar-refractivity contribution in [2.75, 3.05) is 18.8 Å². The summed E-state index contributed by atoms with van der Waals surface area (Å²) in [5, 5.41) is 1.61. The second kappa shape index (κ2) is 7.72. The van der Waals surface area contributed by atoms with Crippen LogP contribution in [-0.4, -0.2) is 44.6 Å². The van der Waals surface area contributed by atoms with E-state index >= 15 is 0 Å². The number of thioether (sulfide) groups is 1. The third-order valence-corrected chi connectivity index (χ3v) is 6.12. The number of carbonyl (C=O) groups excluding carboxylic acids is 1. The van der Waals surface area contributed by atoms with Crippen LogP contribution in [0.5, 0.6) is 0 Å². The van der Waals surface area contributed by atoms with Crippen molar-refractivity contribution < 1.29 is 4.79 Å². The minimum absolute atomic E-state index is 0.181. The summed E-state index contributed by atoms with van der Waals surface area (Å²) in [6, 6.07) is 10.0. The first-order valence-corrected chi connectivity index (χ1v) is 10.6. The summed E-state index contributed by atoms with van der Waals surface area (Å²) in [6.07, 6.45) is 3.44. The van der Waals surface area contributed by atoms with Crippen LogP contribution >= 0.6 is 23.1 Å². The van der Waals surface area contributed by atoms with E-state index in [0.29, 0.717) is 10.9 Å². The molecule has 26 heavy (non-hydrogen) atoms. The van der Waals surface area contributed by atoms with E-state index in [1.54, 1.807) is 11.3 Å². The zero-order chi connectivity index (χ0) is 17.9. The fraction of sp³-hybridized carbons (Fsp3) is 0.368. The van der Waals surface area contributed by atoms with Crippen LogP contribution in [0.15, 0.2) is 35.5 Å². The number of hydrogen-bond acceptors (Lipinski definition) is 6. The van der Waals surface area contributed by atoms with E-state index in [1.807, 2.05) is 42.2 Å². The number of rotatable bonds is 4. The Balaban J connectivity index is 1.60. The Hall–Kier alpha value is -1.99. The Morgan fingerprint density at radius 3 is 2.65 bits per heavy atom. The Kier molecular flexibility index (Phi) is 5.17. The number of fused-ring (bicyclic) bond motifs is 1. The van der Waals surface area contributed by atoms with E-state index in [1.165, 1.54) is 18.2 Å². The average molecular weight is 385 g/mol. The number of amides is 1. The van der Waals surface area contributed by atoms with Gasteiger partial charge in [-0.1, -0.05) is 53.4 Å². The number of piperidine rings is 1. The molecule has 1 aromatic carbocycles. The Labute approximate surface area is 160 Å². The molecule has 7 heteroatoms. The Morgan fingerprint density at radius 2 is 1.88 bits per heavy atom. The molecule has 0 aliphatic carbocycles. The summed E-state index contributed by atoms with van der Waals surface area (Å²) < 4.78 is 0. The predicted molar refractivity (Wildman–Crippen MR) is 107 cm³/mol. The van der Waals surface area contributed by atoms with E-state index in [9.17, 15) is 4.79 Å². The molecule has 0 radical (unpaired) electrons. The first-order chi connectivity index (χ1) is 12.7. The van der Waals surface area contributed by atoms with Gasteiger partial charge in [0.05, 0.1) is 10.8 Å². The number of likely N-dealkylation sites (tertiary alicyclic amines) is 1. The minimum Gasteiger partial charge on any atom is -0.342 e. The zero-order valence-electron chi connectivity index (χ0n) is 14.6. The van der Waals surface area contributed by atoms with Crippen molar-refractivity contribution in [3.05, 3.63) is 35.3 Å². The van der Waals surface area contributed by atoms with Gasteiger partial charge in [-0.05, 0) is 26.2 Å². The molecule has 0 spiro atoms. The largest absolute Gasteiger partial charge is 0.342 e. The van der Waals surface area contributed by atoms with Crippen LogP contribution in [0.25, 0.3) is 21.6 Å². The van der Waals surface area contributed by atoms with Gasteiger partial charge < -0.3 is 4.90 Å².